The topological polar surface area (TPSA) is 38.7 Å². The molecule has 1 N–H and O–H groups in total. The molecular formula is C13H26O3. The van der Waals surface area contributed by atoms with Crippen molar-refractivity contribution in [3.05, 3.63) is 25.3 Å². The first-order valence-corrected chi connectivity index (χ1v) is 5.75. The van der Waals surface area contributed by atoms with Crippen LogP contribution < -0.4 is 0 Å². The van der Waals surface area contributed by atoms with E-state index < -0.39 is 0 Å². The molecule has 2 saturated heterocycles. The van der Waals surface area contributed by atoms with Gasteiger partial charge >= 0.3 is 0 Å². The maximum absolute atomic E-state index is 7.00. The summed E-state index contributed by atoms with van der Waals surface area (Å²) >= 11 is 0. The minimum atomic E-state index is 1.00. The Morgan fingerprint density at radius 3 is 1.06 bits per heavy atom. The van der Waals surface area contributed by atoms with Gasteiger partial charge in [-0.05, 0) is 25.7 Å². The maximum atomic E-state index is 7.00. The predicted octanol–water partition coefficient (Wildman–Crippen LogP) is 2.56. The molecule has 2 aliphatic rings. The van der Waals surface area contributed by atoms with Crippen LogP contribution in [-0.4, -0.2) is 38.6 Å². The van der Waals surface area contributed by atoms with Crippen molar-refractivity contribution in [1.29, 1.82) is 0 Å². The molecule has 0 bridgehead atoms. The van der Waals surface area contributed by atoms with E-state index in [0.29, 0.717) is 0 Å². The van der Waals surface area contributed by atoms with Crippen molar-refractivity contribution in [3.63, 3.8) is 0 Å². The van der Waals surface area contributed by atoms with Crippen LogP contribution in [0.1, 0.15) is 25.7 Å². The van der Waals surface area contributed by atoms with Crippen molar-refractivity contribution >= 4 is 0 Å². The molecule has 2 fully saturated rings. The molecule has 0 atom stereocenters. The molecule has 3 nitrogen and oxygen atoms in total. The van der Waals surface area contributed by atoms with E-state index in [-0.39, 0.29) is 0 Å². The highest BCUT2D eigenvalue weighted by Gasteiger charge is 1.95. The first-order chi connectivity index (χ1) is 7.91. The minimum Gasteiger partial charge on any atom is -0.400 e. The fourth-order valence-electron chi connectivity index (χ4n) is 1.02. The monoisotopic (exact) mass is 230 g/mol. The molecule has 0 spiro atoms. The lowest BCUT2D eigenvalue weighted by Crippen LogP contribution is -1.74. The quantitative estimate of drug-likeness (QED) is 0.704. The van der Waals surface area contributed by atoms with Crippen molar-refractivity contribution in [2.75, 3.05) is 33.5 Å². The molecule has 0 aromatic heterocycles. The van der Waals surface area contributed by atoms with Crippen LogP contribution in [-0.2, 0) is 9.47 Å². The van der Waals surface area contributed by atoms with Crippen LogP contribution in [0.5, 0.6) is 0 Å². The number of hydrogen-bond donors (Lipinski definition) is 1. The highest BCUT2D eigenvalue weighted by atomic mass is 16.5. The van der Waals surface area contributed by atoms with E-state index in [1.165, 1.54) is 25.7 Å². The SMILES string of the molecule is C1CCOC1.C1CCOC1.C=CC=C.CO. The predicted molar refractivity (Wildman–Crippen MR) is 68.6 cm³/mol. The number of rotatable bonds is 1. The van der Waals surface area contributed by atoms with Gasteiger partial charge in [0, 0.05) is 33.5 Å². The van der Waals surface area contributed by atoms with E-state index >= 15 is 0 Å². The van der Waals surface area contributed by atoms with Gasteiger partial charge in [-0.1, -0.05) is 25.3 Å². The molecule has 0 radical (unpaired) electrons. The smallest absolute Gasteiger partial charge is 0.0466 e. The molecule has 2 aliphatic heterocycles. The Bertz CT molecular complexity index is 95.9. The van der Waals surface area contributed by atoms with Crippen LogP contribution in [0.4, 0.5) is 0 Å². The van der Waals surface area contributed by atoms with Crippen LogP contribution in [0.3, 0.4) is 0 Å². The van der Waals surface area contributed by atoms with Gasteiger partial charge in [0.1, 0.15) is 0 Å². The van der Waals surface area contributed by atoms with Gasteiger partial charge in [0.05, 0.1) is 0 Å². The number of allylic oxidation sites excluding steroid dienone is 2. The number of ether oxygens (including phenoxy) is 2. The van der Waals surface area contributed by atoms with E-state index in [1.807, 2.05) is 0 Å². The summed E-state index contributed by atoms with van der Waals surface area (Å²) in [6.45, 7) is 10.7. The molecule has 2 heterocycles. The molecule has 0 aromatic carbocycles. The molecule has 0 saturated carbocycles. The van der Waals surface area contributed by atoms with Gasteiger partial charge in [0.25, 0.3) is 0 Å². The summed E-state index contributed by atoms with van der Waals surface area (Å²) in [7, 11) is 1.00. The number of aliphatic hydroxyl groups is 1. The summed E-state index contributed by atoms with van der Waals surface area (Å²) in [6.07, 6.45) is 8.39. The first kappa shape index (κ1) is 17.7. The third-order valence-electron chi connectivity index (χ3n) is 1.82. The maximum Gasteiger partial charge on any atom is 0.0466 e. The third-order valence-corrected chi connectivity index (χ3v) is 1.82. The van der Waals surface area contributed by atoms with Crippen molar-refractivity contribution in [1.82, 2.24) is 0 Å². The summed E-state index contributed by atoms with van der Waals surface area (Å²) in [6, 6.07) is 0. The van der Waals surface area contributed by atoms with Crippen LogP contribution in [0.2, 0.25) is 0 Å². The second-order valence-electron chi connectivity index (χ2n) is 3.11. The Balaban J connectivity index is 0. The third kappa shape index (κ3) is 19.0. The molecule has 0 aromatic rings. The van der Waals surface area contributed by atoms with Gasteiger partial charge in [-0.3, -0.25) is 0 Å². The van der Waals surface area contributed by atoms with Crippen molar-refractivity contribution in [2.24, 2.45) is 0 Å². The Hall–Kier alpha value is -0.640. The molecule has 96 valence electrons. The average molecular weight is 230 g/mol. The summed E-state index contributed by atoms with van der Waals surface area (Å²) in [5.41, 5.74) is 0. The lowest BCUT2D eigenvalue weighted by atomic mass is 10.4. The van der Waals surface area contributed by atoms with Crippen molar-refractivity contribution in [2.45, 2.75) is 25.7 Å². The lowest BCUT2D eigenvalue weighted by Gasteiger charge is -1.76. The van der Waals surface area contributed by atoms with Crippen LogP contribution in [0, 0.1) is 0 Å². The van der Waals surface area contributed by atoms with Crippen LogP contribution in [0.25, 0.3) is 0 Å². The molecule has 0 amide bonds. The average Bonchev–Trinajstić information content (AvgIpc) is 3.07. The van der Waals surface area contributed by atoms with E-state index in [4.69, 9.17) is 14.6 Å². The first-order valence-electron chi connectivity index (χ1n) is 5.75. The number of aliphatic hydroxyl groups excluding tert-OH is 1. The van der Waals surface area contributed by atoms with Gasteiger partial charge in [-0.15, -0.1) is 0 Å². The van der Waals surface area contributed by atoms with Gasteiger partial charge in [-0.2, -0.15) is 0 Å². The highest BCUT2D eigenvalue weighted by Crippen LogP contribution is 1.98. The second kappa shape index (κ2) is 19.9. The molecular weight excluding hydrogens is 204 g/mol. The Labute approximate surface area is 99.8 Å². The normalized spacial score (nSPS) is 16.6. The zero-order chi connectivity index (χ0) is 12.5. The highest BCUT2D eigenvalue weighted by molar-refractivity contribution is 4.88. The summed E-state index contributed by atoms with van der Waals surface area (Å²) in [4.78, 5) is 0. The van der Waals surface area contributed by atoms with Crippen LogP contribution >= 0.6 is 0 Å². The molecule has 0 aliphatic carbocycles. The molecule has 3 heteroatoms. The second-order valence-corrected chi connectivity index (χ2v) is 3.11. The van der Waals surface area contributed by atoms with Crippen LogP contribution in [0.15, 0.2) is 25.3 Å². The van der Waals surface area contributed by atoms with Gasteiger partial charge < -0.3 is 14.6 Å². The number of hydrogen-bond acceptors (Lipinski definition) is 3. The fourth-order valence-corrected chi connectivity index (χ4v) is 1.02. The summed E-state index contributed by atoms with van der Waals surface area (Å²) in [5.74, 6) is 0. The van der Waals surface area contributed by atoms with Gasteiger partial charge in [-0.25, -0.2) is 0 Å². The van der Waals surface area contributed by atoms with Crippen molar-refractivity contribution < 1.29 is 14.6 Å². The zero-order valence-corrected chi connectivity index (χ0v) is 10.5. The Morgan fingerprint density at radius 1 is 0.750 bits per heavy atom. The van der Waals surface area contributed by atoms with E-state index in [2.05, 4.69) is 13.2 Å². The largest absolute Gasteiger partial charge is 0.400 e. The molecule has 16 heavy (non-hydrogen) atoms. The van der Waals surface area contributed by atoms with E-state index in [0.717, 1.165) is 33.5 Å². The van der Waals surface area contributed by atoms with Gasteiger partial charge in [0.2, 0.25) is 0 Å². The summed E-state index contributed by atoms with van der Waals surface area (Å²) in [5, 5.41) is 7.00. The fraction of sp³-hybridized carbons (Fsp3) is 0.692. The summed E-state index contributed by atoms with van der Waals surface area (Å²) < 4.78 is 9.89. The Kier molecular flexibility index (Phi) is 22.0. The molecule has 0 unspecified atom stereocenters. The van der Waals surface area contributed by atoms with Crippen molar-refractivity contribution in [3.8, 4) is 0 Å². The minimum absolute atomic E-state index is 1.00. The van der Waals surface area contributed by atoms with E-state index in [9.17, 15) is 0 Å². The molecule has 2 rings (SSSR count). The van der Waals surface area contributed by atoms with E-state index in [1.54, 1.807) is 12.2 Å². The van der Waals surface area contributed by atoms with Gasteiger partial charge in [0.15, 0.2) is 0 Å². The zero-order valence-electron chi connectivity index (χ0n) is 10.5. The lowest BCUT2D eigenvalue weighted by molar-refractivity contribution is 0.198. The Morgan fingerprint density at radius 2 is 1.00 bits per heavy atom. The standard InChI is InChI=1S/2C4H8O.C4H6.CH4O/c2*1-2-4-5-3-1;1-3-4-2;1-2/h2*1-4H2;3-4H,1-2H2;2H,1H3.